The minimum atomic E-state index is -0.127. The second kappa shape index (κ2) is 4.31. The van der Waals surface area contributed by atoms with E-state index in [1.807, 2.05) is 0 Å². The van der Waals surface area contributed by atoms with E-state index in [0.29, 0.717) is 16.5 Å². The van der Waals surface area contributed by atoms with E-state index in [0.717, 1.165) is 0 Å². The van der Waals surface area contributed by atoms with Gasteiger partial charge in [-0.2, -0.15) is 5.10 Å². The fourth-order valence-electron chi connectivity index (χ4n) is 1.26. The SMILES string of the molecule is Cn1cc(NC(=O)Cc2csc(N)n2)cn1. The van der Waals surface area contributed by atoms with E-state index in [1.54, 1.807) is 29.5 Å². The number of aromatic nitrogens is 3. The molecule has 2 aromatic heterocycles. The van der Waals surface area contributed by atoms with Crippen molar-refractivity contribution in [3.8, 4) is 0 Å². The van der Waals surface area contributed by atoms with Gasteiger partial charge in [-0.1, -0.05) is 0 Å². The fourth-order valence-corrected chi connectivity index (χ4v) is 1.82. The van der Waals surface area contributed by atoms with Crippen LogP contribution in [0, 0.1) is 0 Å². The van der Waals surface area contributed by atoms with Gasteiger partial charge in [0.15, 0.2) is 5.13 Å². The molecule has 0 spiro atoms. The van der Waals surface area contributed by atoms with Crippen molar-refractivity contribution in [3.05, 3.63) is 23.5 Å². The van der Waals surface area contributed by atoms with Gasteiger partial charge in [0.2, 0.25) is 5.91 Å². The van der Waals surface area contributed by atoms with Crippen LogP contribution in [0.15, 0.2) is 17.8 Å². The number of amides is 1. The van der Waals surface area contributed by atoms with Crippen LogP contribution in [0.5, 0.6) is 0 Å². The van der Waals surface area contributed by atoms with Crippen molar-refractivity contribution >= 4 is 28.1 Å². The number of rotatable bonds is 3. The van der Waals surface area contributed by atoms with Crippen molar-refractivity contribution in [3.63, 3.8) is 0 Å². The Kier molecular flexibility index (Phi) is 2.86. The van der Waals surface area contributed by atoms with Crippen LogP contribution < -0.4 is 11.1 Å². The molecule has 2 aromatic rings. The van der Waals surface area contributed by atoms with Gasteiger partial charge in [0.1, 0.15) is 0 Å². The minimum Gasteiger partial charge on any atom is -0.375 e. The highest BCUT2D eigenvalue weighted by atomic mass is 32.1. The van der Waals surface area contributed by atoms with Crippen LogP contribution in [0.3, 0.4) is 0 Å². The zero-order valence-corrected chi connectivity index (χ0v) is 9.49. The molecular formula is C9H11N5OS. The molecule has 1 amide bonds. The van der Waals surface area contributed by atoms with Crippen LogP contribution in [0.25, 0.3) is 0 Å². The van der Waals surface area contributed by atoms with Gasteiger partial charge in [0, 0.05) is 18.6 Å². The summed E-state index contributed by atoms with van der Waals surface area (Å²) >= 11 is 1.33. The first-order valence-electron chi connectivity index (χ1n) is 4.62. The van der Waals surface area contributed by atoms with Crippen LogP contribution in [0.4, 0.5) is 10.8 Å². The summed E-state index contributed by atoms with van der Waals surface area (Å²) in [4.78, 5) is 15.6. The summed E-state index contributed by atoms with van der Waals surface area (Å²) < 4.78 is 1.62. The maximum Gasteiger partial charge on any atom is 0.230 e. The Morgan fingerprint density at radius 1 is 1.69 bits per heavy atom. The van der Waals surface area contributed by atoms with Gasteiger partial charge >= 0.3 is 0 Å². The molecule has 3 N–H and O–H groups in total. The van der Waals surface area contributed by atoms with E-state index in [1.165, 1.54) is 11.3 Å². The maximum absolute atomic E-state index is 11.6. The van der Waals surface area contributed by atoms with Gasteiger partial charge in [-0.3, -0.25) is 9.48 Å². The lowest BCUT2D eigenvalue weighted by molar-refractivity contribution is -0.115. The first-order chi connectivity index (χ1) is 7.63. The third-order valence-corrected chi connectivity index (χ3v) is 2.62. The summed E-state index contributed by atoms with van der Waals surface area (Å²) in [6.07, 6.45) is 3.54. The number of anilines is 2. The van der Waals surface area contributed by atoms with E-state index in [4.69, 9.17) is 5.73 Å². The van der Waals surface area contributed by atoms with Crippen LogP contribution >= 0.6 is 11.3 Å². The number of carbonyl (C=O) groups excluding carboxylic acids is 1. The third-order valence-electron chi connectivity index (χ3n) is 1.90. The molecule has 2 rings (SSSR count). The zero-order valence-electron chi connectivity index (χ0n) is 8.67. The highest BCUT2D eigenvalue weighted by molar-refractivity contribution is 7.13. The smallest absolute Gasteiger partial charge is 0.230 e. The van der Waals surface area contributed by atoms with Crippen molar-refractivity contribution < 1.29 is 4.79 Å². The second-order valence-electron chi connectivity index (χ2n) is 3.30. The summed E-state index contributed by atoms with van der Waals surface area (Å²) in [6.45, 7) is 0. The average Bonchev–Trinajstić information content (AvgIpc) is 2.76. The Bertz CT molecular complexity index is 459. The number of nitrogen functional groups attached to an aromatic ring is 1. The molecule has 0 aliphatic carbocycles. The van der Waals surface area contributed by atoms with E-state index >= 15 is 0 Å². The molecule has 0 aliphatic heterocycles. The quantitative estimate of drug-likeness (QED) is 0.820. The number of carbonyl (C=O) groups is 1. The third kappa shape index (κ3) is 2.57. The molecular weight excluding hydrogens is 226 g/mol. The van der Waals surface area contributed by atoms with Crippen LogP contribution in [-0.4, -0.2) is 20.7 Å². The molecule has 2 heterocycles. The summed E-state index contributed by atoms with van der Waals surface area (Å²) in [5.74, 6) is -0.127. The molecule has 0 radical (unpaired) electrons. The van der Waals surface area contributed by atoms with Gasteiger partial charge in [0.25, 0.3) is 0 Å². The molecule has 0 atom stereocenters. The number of hydrogen-bond donors (Lipinski definition) is 2. The molecule has 0 bridgehead atoms. The molecule has 0 fully saturated rings. The average molecular weight is 237 g/mol. The first kappa shape index (κ1) is 10.6. The topological polar surface area (TPSA) is 85.8 Å². The van der Waals surface area contributed by atoms with E-state index < -0.39 is 0 Å². The molecule has 0 aromatic carbocycles. The minimum absolute atomic E-state index is 0.127. The van der Waals surface area contributed by atoms with Crippen molar-refractivity contribution in [2.45, 2.75) is 6.42 Å². The molecule has 7 heteroatoms. The van der Waals surface area contributed by atoms with Crippen LogP contribution in [0.1, 0.15) is 5.69 Å². The lowest BCUT2D eigenvalue weighted by atomic mass is 10.3. The lowest BCUT2D eigenvalue weighted by Crippen LogP contribution is -2.14. The van der Waals surface area contributed by atoms with Crippen molar-refractivity contribution in [1.82, 2.24) is 14.8 Å². The number of thiazole rings is 1. The van der Waals surface area contributed by atoms with Gasteiger partial charge in [-0.05, 0) is 0 Å². The van der Waals surface area contributed by atoms with Crippen molar-refractivity contribution in [1.29, 1.82) is 0 Å². The van der Waals surface area contributed by atoms with Gasteiger partial charge in [-0.25, -0.2) is 4.98 Å². The Morgan fingerprint density at radius 3 is 3.06 bits per heavy atom. The highest BCUT2D eigenvalue weighted by Gasteiger charge is 2.07. The molecule has 16 heavy (non-hydrogen) atoms. The molecule has 0 aliphatic rings. The van der Waals surface area contributed by atoms with E-state index in [2.05, 4.69) is 15.4 Å². The number of aryl methyl sites for hydroxylation is 1. The molecule has 0 saturated carbocycles. The number of nitrogens with zero attached hydrogens (tertiary/aromatic N) is 3. The molecule has 84 valence electrons. The highest BCUT2D eigenvalue weighted by Crippen LogP contribution is 2.12. The Balaban J connectivity index is 1.94. The Hall–Kier alpha value is -1.89. The van der Waals surface area contributed by atoms with Gasteiger partial charge in [0.05, 0.1) is 24.0 Å². The summed E-state index contributed by atoms with van der Waals surface area (Å²) in [6, 6.07) is 0. The number of nitrogens with one attached hydrogen (secondary N) is 1. The summed E-state index contributed by atoms with van der Waals surface area (Å²) in [5.41, 5.74) is 6.83. The molecule has 6 nitrogen and oxygen atoms in total. The summed E-state index contributed by atoms with van der Waals surface area (Å²) in [5, 5.41) is 8.92. The van der Waals surface area contributed by atoms with E-state index in [-0.39, 0.29) is 12.3 Å². The van der Waals surface area contributed by atoms with Crippen LogP contribution in [-0.2, 0) is 18.3 Å². The first-order valence-corrected chi connectivity index (χ1v) is 5.50. The molecule has 0 unspecified atom stereocenters. The molecule has 0 saturated heterocycles. The monoisotopic (exact) mass is 237 g/mol. The zero-order chi connectivity index (χ0) is 11.5. The van der Waals surface area contributed by atoms with Crippen LogP contribution in [0.2, 0.25) is 0 Å². The normalized spacial score (nSPS) is 10.3. The van der Waals surface area contributed by atoms with Crippen molar-refractivity contribution in [2.24, 2.45) is 7.05 Å². The predicted octanol–water partition coefficient (Wildman–Crippen LogP) is 0.640. The predicted molar refractivity (Wildman–Crippen MR) is 62.1 cm³/mol. The summed E-state index contributed by atoms with van der Waals surface area (Å²) in [7, 11) is 1.79. The standard InChI is InChI=1S/C9H11N5OS/c1-14-4-7(3-11-14)12-8(15)2-6-5-16-9(10)13-6/h3-5H,2H2,1H3,(H2,10,13)(H,12,15). The number of hydrogen-bond acceptors (Lipinski definition) is 5. The maximum atomic E-state index is 11.6. The van der Waals surface area contributed by atoms with Gasteiger partial charge in [-0.15, -0.1) is 11.3 Å². The lowest BCUT2D eigenvalue weighted by Gasteiger charge is -1.99. The van der Waals surface area contributed by atoms with Crippen molar-refractivity contribution in [2.75, 3.05) is 11.1 Å². The largest absolute Gasteiger partial charge is 0.375 e. The van der Waals surface area contributed by atoms with E-state index in [9.17, 15) is 4.79 Å². The number of nitrogens with two attached hydrogens (primary N) is 1. The second-order valence-corrected chi connectivity index (χ2v) is 4.19. The Morgan fingerprint density at radius 2 is 2.50 bits per heavy atom. The van der Waals surface area contributed by atoms with Gasteiger partial charge < -0.3 is 11.1 Å². The fraction of sp³-hybridized carbons (Fsp3) is 0.222. The Labute approximate surface area is 96.1 Å².